The van der Waals surface area contributed by atoms with Gasteiger partial charge in [0.2, 0.25) is 0 Å². The molecule has 1 aromatic rings. The van der Waals surface area contributed by atoms with Crippen LogP contribution in [-0.4, -0.2) is 10.9 Å². The third-order valence-corrected chi connectivity index (χ3v) is 1.71. The molecule has 64 valence electrons. The highest BCUT2D eigenvalue weighted by Crippen LogP contribution is 2.14. The minimum atomic E-state index is -0.488. The zero-order valence-corrected chi connectivity index (χ0v) is 7.14. The highest BCUT2D eigenvalue weighted by atomic mass is 35.5. The van der Waals surface area contributed by atoms with Crippen LogP contribution in [0.5, 0.6) is 0 Å². The van der Waals surface area contributed by atoms with Crippen molar-refractivity contribution in [3.05, 3.63) is 34.6 Å². The summed E-state index contributed by atoms with van der Waals surface area (Å²) in [4.78, 5) is 0. The van der Waals surface area contributed by atoms with Crippen molar-refractivity contribution in [2.45, 2.75) is 6.92 Å². The van der Waals surface area contributed by atoms with Gasteiger partial charge in [-0.25, -0.2) is 4.39 Å². The summed E-state index contributed by atoms with van der Waals surface area (Å²) in [6, 6.07) is 4.17. The van der Waals surface area contributed by atoms with Gasteiger partial charge in [0.1, 0.15) is 5.82 Å². The molecule has 0 aliphatic heterocycles. The van der Waals surface area contributed by atoms with Crippen LogP contribution in [0.2, 0.25) is 5.02 Å². The lowest BCUT2D eigenvalue weighted by atomic mass is 10.1. The van der Waals surface area contributed by atoms with Crippen LogP contribution >= 0.6 is 11.6 Å². The predicted octanol–water partition coefficient (Wildman–Crippen LogP) is 2.68. The quantitative estimate of drug-likeness (QED) is 0.409. The molecule has 12 heavy (non-hydrogen) atoms. The Labute approximate surface area is 74.3 Å². The van der Waals surface area contributed by atoms with Crippen molar-refractivity contribution in [2.75, 3.05) is 0 Å². The second kappa shape index (κ2) is 3.54. The molecule has 1 N–H and O–H groups in total. The summed E-state index contributed by atoms with van der Waals surface area (Å²) >= 11 is 5.52. The number of hydrogen-bond acceptors (Lipinski definition) is 2. The van der Waals surface area contributed by atoms with Crippen LogP contribution in [0.1, 0.15) is 12.5 Å². The van der Waals surface area contributed by atoms with E-state index in [1.54, 1.807) is 0 Å². The van der Waals surface area contributed by atoms with E-state index in [1.165, 1.54) is 25.1 Å². The molecule has 2 nitrogen and oxygen atoms in total. The largest absolute Gasteiger partial charge is 0.411 e. The molecule has 0 fully saturated rings. The Morgan fingerprint density at radius 3 is 2.75 bits per heavy atom. The number of rotatable bonds is 1. The van der Waals surface area contributed by atoms with Crippen molar-refractivity contribution >= 4 is 17.3 Å². The highest BCUT2D eigenvalue weighted by molar-refractivity contribution is 6.30. The first-order chi connectivity index (χ1) is 5.65. The molecule has 0 aliphatic carbocycles. The number of nitrogens with zero attached hydrogens (tertiary/aromatic N) is 1. The molecular formula is C8H7ClFNO. The molecule has 4 heteroatoms. The van der Waals surface area contributed by atoms with E-state index in [0.717, 1.165) is 0 Å². The maximum Gasteiger partial charge on any atom is 0.133 e. The summed E-state index contributed by atoms with van der Waals surface area (Å²) in [5, 5.41) is 11.6. The molecule has 0 unspecified atom stereocenters. The monoisotopic (exact) mass is 187 g/mol. The highest BCUT2D eigenvalue weighted by Gasteiger charge is 2.05. The van der Waals surface area contributed by atoms with Gasteiger partial charge in [0.25, 0.3) is 0 Å². The Bertz CT molecular complexity index is 325. The van der Waals surface area contributed by atoms with Crippen LogP contribution in [0, 0.1) is 5.82 Å². The van der Waals surface area contributed by atoms with Gasteiger partial charge < -0.3 is 5.21 Å². The molecule has 0 spiro atoms. The first kappa shape index (κ1) is 9.00. The summed E-state index contributed by atoms with van der Waals surface area (Å²) in [7, 11) is 0. The normalized spacial score (nSPS) is 11.8. The molecule has 1 rings (SSSR count). The second-order valence-electron chi connectivity index (χ2n) is 2.31. The fraction of sp³-hybridized carbons (Fsp3) is 0.125. The van der Waals surface area contributed by atoms with Crippen molar-refractivity contribution in [1.82, 2.24) is 0 Å². The zero-order valence-electron chi connectivity index (χ0n) is 6.38. The maximum atomic E-state index is 13.0. The Morgan fingerprint density at radius 2 is 2.25 bits per heavy atom. The Balaban J connectivity index is 3.18. The Kier molecular flexibility index (Phi) is 2.65. The minimum Gasteiger partial charge on any atom is -0.411 e. The molecule has 0 radical (unpaired) electrons. The van der Waals surface area contributed by atoms with Gasteiger partial charge in [0.05, 0.1) is 5.71 Å². The van der Waals surface area contributed by atoms with Gasteiger partial charge in [-0.15, -0.1) is 0 Å². The van der Waals surface area contributed by atoms with Crippen LogP contribution in [0.15, 0.2) is 23.4 Å². The van der Waals surface area contributed by atoms with Gasteiger partial charge in [0.15, 0.2) is 0 Å². The average molecular weight is 188 g/mol. The molecule has 0 saturated carbocycles. The molecule has 0 amide bonds. The van der Waals surface area contributed by atoms with Crippen molar-refractivity contribution in [3.63, 3.8) is 0 Å². The van der Waals surface area contributed by atoms with E-state index < -0.39 is 5.82 Å². The summed E-state index contributed by atoms with van der Waals surface area (Å²) in [5.41, 5.74) is 0.478. The van der Waals surface area contributed by atoms with Gasteiger partial charge in [-0.05, 0) is 25.1 Å². The summed E-state index contributed by atoms with van der Waals surface area (Å²) in [6.07, 6.45) is 0. The second-order valence-corrected chi connectivity index (χ2v) is 2.75. The number of hydrogen-bond donors (Lipinski definition) is 1. The summed E-state index contributed by atoms with van der Waals surface area (Å²) in [5.74, 6) is -0.488. The van der Waals surface area contributed by atoms with E-state index in [-0.39, 0.29) is 11.3 Å². The lowest BCUT2D eigenvalue weighted by molar-refractivity contribution is 0.319. The van der Waals surface area contributed by atoms with Gasteiger partial charge in [-0.2, -0.15) is 0 Å². The molecule has 1 aromatic carbocycles. The summed E-state index contributed by atoms with van der Waals surface area (Å²) in [6.45, 7) is 1.51. The standard InChI is InChI=1S/C8H7ClFNO/c1-5(11-12)7-3-2-6(9)4-8(7)10/h2-4,12H,1H3. The van der Waals surface area contributed by atoms with Crippen LogP contribution < -0.4 is 0 Å². The molecular weight excluding hydrogens is 181 g/mol. The van der Waals surface area contributed by atoms with E-state index in [9.17, 15) is 4.39 Å². The van der Waals surface area contributed by atoms with E-state index in [2.05, 4.69) is 5.16 Å². The first-order valence-corrected chi connectivity index (χ1v) is 3.67. The third-order valence-electron chi connectivity index (χ3n) is 1.47. The van der Waals surface area contributed by atoms with E-state index in [1.807, 2.05) is 0 Å². The average Bonchev–Trinajstić information content (AvgIpc) is 2.03. The lowest BCUT2D eigenvalue weighted by Crippen LogP contribution is -1.97. The number of oxime groups is 1. The SMILES string of the molecule is CC(=NO)c1ccc(Cl)cc1F. The maximum absolute atomic E-state index is 13.0. The Hall–Kier alpha value is -1.09. The van der Waals surface area contributed by atoms with E-state index >= 15 is 0 Å². The van der Waals surface area contributed by atoms with Crippen LogP contribution in [0.3, 0.4) is 0 Å². The van der Waals surface area contributed by atoms with Gasteiger partial charge in [-0.1, -0.05) is 16.8 Å². The molecule has 0 bridgehead atoms. The van der Waals surface area contributed by atoms with Crippen molar-refractivity contribution in [1.29, 1.82) is 0 Å². The van der Waals surface area contributed by atoms with Crippen molar-refractivity contribution in [3.8, 4) is 0 Å². The first-order valence-electron chi connectivity index (χ1n) is 3.29. The zero-order chi connectivity index (χ0) is 9.14. The molecule has 0 aromatic heterocycles. The molecule has 0 saturated heterocycles. The lowest BCUT2D eigenvalue weighted by Gasteiger charge is -1.99. The number of halogens is 2. The minimum absolute atomic E-state index is 0.226. The smallest absolute Gasteiger partial charge is 0.133 e. The van der Waals surface area contributed by atoms with Crippen LogP contribution in [-0.2, 0) is 0 Å². The predicted molar refractivity (Wildman–Crippen MR) is 45.4 cm³/mol. The van der Waals surface area contributed by atoms with Gasteiger partial charge in [0, 0.05) is 10.6 Å². The molecule has 0 aliphatic rings. The number of benzene rings is 1. The van der Waals surface area contributed by atoms with E-state index in [4.69, 9.17) is 16.8 Å². The Morgan fingerprint density at radius 1 is 1.58 bits per heavy atom. The van der Waals surface area contributed by atoms with Crippen molar-refractivity contribution < 1.29 is 9.60 Å². The fourth-order valence-electron chi connectivity index (χ4n) is 0.837. The van der Waals surface area contributed by atoms with Gasteiger partial charge >= 0.3 is 0 Å². The summed E-state index contributed by atoms with van der Waals surface area (Å²) < 4.78 is 13.0. The van der Waals surface area contributed by atoms with E-state index in [0.29, 0.717) is 5.02 Å². The topological polar surface area (TPSA) is 32.6 Å². The fourth-order valence-corrected chi connectivity index (χ4v) is 0.996. The molecule has 0 atom stereocenters. The van der Waals surface area contributed by atoms with Crippen LogP contribution in [0.25, 0.3) is 0 Å². The van der Waals surface area contributed by atoms with Crippen molar-refractivity contribution in [2.24, 2.45) is 5.16 Å². The van der Waals surface area contributed by atoms with Gasteiger partial charge in [-0.3, -0.25) is 0 Å². The molecule has 0 heterocycles. The van der Waals surface area contributed by atoms with Crippen LogP contribution in [0.4, 0.5) is 4.39 Å². The third kappa shape index (κ3) is 1.74.